The summed E-state index contributed by atoms with van der Waals surface area (Å²) in [7, 11) is 0. The first-order valence-electron chi connectivity index (χ1n) is 9.44. The van der Waals surface area contributed by atoms with E-state index in [-0.39, 0.29) is 34.4 Å². The Morgan fingerprint density at radius 2 is 1.42 bits per heavy atom. The summed E-state index contributed by atoms with van der Waals surface area (Å²) >= 11 is 11.3. The van der Waals surface area contributed by atoms with E-state index in [4.69, 9.17) is 44.1 Å². The zero-order chi connectivity index (χ0) is 23.1. The van der Waals surface area contributed by atoms with Gasteiger partial charge in [0.1, 0.15) is 23.1 Å². The second kappa shape index (κ2) is 11.2. The van der Waals surface area contributed by atoms with Crippen LogP contribution in [0.2, 0.25) is 10.0 Å². The van der Waals surface area contributed by atoms with Gasteiger partial charge in [-0.05, 0) is 43.5 Å². The van der Waals surface area contributed by atoms with Gasteiger partial charge in [-0.25, -0.2) is 8.78 Å². The smallest absolute Gasteiger partial charge is 0.258 e. The molecule has 0 aliphatic carbocycles. The number of primary amides is 2. The SMILES string of the molecule is CCC(CCC(Oc1ccc(Cl)c(F)c1)C(N)=O)C(Oc1ccc(Cl)c(F)c1)C(N)=O. The highest BCUT2D eigenvalue weighted by atomic mass is 35.5. The van der Waals surface area contributed by atoms with Gasteiger partial charge in [0.05, 0.1) is 10.0 Å². The van der Waals surface area contributed by atoms with Crippen molar-refractivity contribution in [1.29, 1.82) is 0 Å². The van der Waals surface area contributed by atoms with Crippen LogP contribution in [0.25, 0.3) is 0 Å². The van der Waals surface area contributed by atoms with Crippen molar-refractivity contribution in [3.63, 3.8) is 0 Å². The molecule has 0 heterocycles. The molecule has 0 bridgehead atoms. The number of halogens is 4. The highest BCUT2D eigenvalue weighted by Gasteiger charge is 2.30. The molecule has 3 atom stereocenters. The van der Waals surface area contributed by atoms with Crippen LogP contribution in [-0.2, 0) is 9.59 Å². The quantitative estimate of drug-likeness (QED) is 0.507. The Hall–Kier alpha value is -2.58. The van der Waals surface area contributed by atoms with E-state index in [1.54, 1.807) is 6.92 Å². The van der Waals surface area contributed by atoms with Crippen LogP contribution < -0.4 is 20.9 Å². The summed E-state index contributed by atoms with van der Waals surface area (Å²) in [5.41, 5.74) is 10.9. The highest BCUT2D eigenvalue weighted by molar-refractivity contribution is 6.31. The molecule has 0 fully saturated rings. The van der Waals surface area contributed by atoms with Crippen molar-refractivity contribution in [3.8, 4) is 11.5 Å². The first kappa shape index (κ1) is 24.7. The van der Waals surface area contributed by atoms with E-state index >= 15 is 0 Å². The average molecular weight is 475 g/mol. The van der Waals surface area contributed by atoms with Gasteiger partial charge < -0.3 is 20.9 Å². The van der Waals surface area contributed by atoms with Gasteiger partial charge in [0.25, 0.3) is 11.8 Å². The molecule has 0 radical (unpaired) electrons. The van der Waals surface area contributed by atoms with E-state index in [2.05, 4.69) is 0 Å². The lowest BCUT2D eigenvalue weighted by Gasteiger charge is -2.26. The molecule has 0 aliphatic heterocycles. The number of amides is 2. The van der Waals surface area contributed by atoms with Gasteiger partial charge in [-0.3, -0.25) is 9.59 Å². The minimum absolute atomic E-state index is 0.0816. The summed E-state index contributed by atoms with van der Waals surface area (Å²) in [5.74, 6) is -3.18. The Kier molecular flexibility index (Phi) is 8.88. The minimum Gasteiger partial charge on any atom is -0.481 e. The minimum atomic E-state index is -1.09. The lowest BCUT2D eigenvalue weighted by molar-refractivity contribution is -0.127. The molecule has 0 aromatic heterocycles. The molecule has 2 aromatic carbocycles. The molecule has 0 spiro atoms. The Balaban J connectivity index is 2.10. The van der Waals surface area contributed by atoms with Gasteiger partial charge in [0.2, 0.25) is 0 Å². The Bertz CT molecular complexity index is 946. The van der Waals surface area contributed by atoms with Crippen molar-refractivity contribution >= 4 is 35.0 Å². The normalized spacial score (nSPS) is 13.8. The van der Waals surface area contributed by atoms with Crippen LogP contribution in [0.5, 0.6) is 11.5 Å². The number of hydrogen-bond acceptors (Lipinski definition) is 4. The fraction of sp³-hybridized carbons (Fsp3) is 0.333. The largest absolute Gasteiger partial charge is 0.481 e. The molecular weight excluding hydrogens is 453 g/mol. The maximum absolute atomic E-state index is 13.7. The third-order valence-corrected chi connectivity index (χ3v) is 5.29. The Morgan fingerprint density at radius 3 is 1.84 bits per heavy atom. The summed E-state index contributed by atoms with van der Waals surface area (Å²) in [5, 5.41) is -0.177. The molecule has 2 rings (SSSR count). The van der Waals surface area contributed by atoms with Crippen molar-refractivity contribution in [3.05, 3.63) is 58.1 Å². The lowest BCUT2D eigenvalue weighted by atomic mass is 9.91. The number of nitrogens with two attached hydrogens (primary N) is 2. The summed E-state index contributed by atoms with van der Waals surface area (Å²) in [6, 6.07) is 7.51. The van der Waals surface area contributed by atoms with E-state index in [1.807, 2.05) is 0 Å². The van der Waals surface area contributed by atoms with Gasteiger partial charge >= 0.3 is 0 Å². The number of benzene rings is 2. The van der Waals surface area contributed by atoms with E-state index in [0.717, 1.165) is 12.1 Å². The average Bonchev–Trinajstić information content (AvgIpc) is 2.71. The van der Waals surface area contributed by atoms with Gasteiger partial charge in [-0.2, -0.15) is 0 Å². The molecule has 6 nitrogen and oxygen atoms in total. The third kappa shape index (κ3) is 6.97. The van der Waals surface area contributed by atoms with Gasteiger partial charge in [-0.15, -0.1) is 0 Å². The van der Waals surface area contributed by atoms with Crippen LogP contribution in [0.4, 0.5) is 8.78 Å². The summed E-state index contributed by atoms with van der Waals surface area (Å²) < 4.78 is 38.4. The van der Waals surface area contributed by atoms with Gasteiger partial charge in [0.15, 0.2) is 12.2 Å². The summed E-state index contributed by atoms with van der Waals surface area (Å²) in [6.45, 7) is 1.81. The highest BCUT2D eigenvalue weighted by Crippen LogP contribution is 2.27. The van der Waals surface area contributed by atoms with Crippen LogP contribution >= 0.6 is 23.2 Å². The van der Waals surface area contributed by atoms with Crippen LogP contribution in [0.15, 0.2) is 36.4 Å². The van der Waals surface area contributed by atoms with E-state index in [0.29, 0.717) is 6.42 Å². The fourth-order valence-corrected chi connectivity index (χ4v) is 3.23. The molecule has 0 saturated heterocycles. The number of carbonyl (C=O) groups excluding carboxylic acids is 2. The number of ether oxygens (including phenoxy) is 2. The molecular formula is C21H22Cl2F2N2O4. The molecule has 0 saturated carbocycles. The molecule has 3 unspecified atom stereocenters. The van der Waals surface area contributed by atoms with Gasteiger partial charge in [0, 0.05) is 18.1 Å². The Morgan fingerprint density at radius 1 is 0.903 bits per heavy atom. The summed E-state index contributed by atoms with van der Waals surface area (Å²) in [4.78, 5) is 23.8. The Labute approximate surface area is 188 Å². The van der Waals surface area contributed by atoms with Crippen LogP contribution in [0.3, 0.4) is 0 Å². The van der Waals surface area contributed by atoms with E-state index in [1.165, 1.54) is 24.3 Å². The maximum atomic E-state index is 13.7. The molecule has 2 aromatic rings. The molecule has 4 N–H and O–H groups in total. The standard InChI is InChI=1S/C21H22Cl2F2N2O4/c1-2-11(19(21(27)29)31-13-5-7-15(23)17(25)10-13)3-8-18(20(26)28)30-12-4-6-14(22)16(24)9-12/h4-7,9-11,18-19H,2-3,8H2,1H3,(H2,26,28)(H2,27,29). The number of carbonyl (C=O) groups is 2. The molecule has 168 valence electrons. The third-order valence-electron chi connectivity index (χ3n) is 4.67. The number of rotatable bonds is 11. The first-order valence-corrected chi connectivity index (χ1v) is 10.2. The second-order valence-corrected chi connectivity index (χ2v) is 7.66. The molecule has 31 heavy (non-hydrogen) atoms. The predicted octanol–water partition coefficient (Wildman–Crippen LogP) is 4.24. The summed E-state index contributed by atoms with van der Waals surface area (Å²) in [6.07, 6.45) is -1.34. The van der Waals surface area contributed by atoms with Crippen molar-refractivity contribution < 1.29 is 27.8 Å². The van der Waals surface area contributed by atoms with E-state index in [9.17, 15) is 18.4 Å². The monoisotopic (exact) mass is 474 g/mol. The first-order chi connectivity index (χ1) is 14.6. The van der Waals surface area contributed by atoms with E-state index < -0.39 is 41.6 Å². The van der Waals surface area contributed by atoms with Crippen molar-refractivity contribution in [2.75, 3.05) is 0 Å². The van der Waals surface area contributed by atoms with Crippen molar-refractivity contribution in [2.45, 2.75) is 38.4 Å². The maximum Gasteiger partial charge on any atom is 0.258 e. The lowest BCUT2D eigenvalue weighted by Crippen LogP contribution is -2.41. The molecule has 2 amide bonds. The van der Waals surface area contributed by atoms with Gasteiger partial charge in [-0.1, -0.05) is 30.1 Å². The second-order valence-electron chi connectivity index (χ2n) is 6.85. The van der Waals surface area contributed by atoms with Crippen LogP contribution in [0, 0.1) is 17.6 Å². The fourth-order valence-electron chi connectivity index (χ4n) is 2.99. The zero-order valence-corrected chi connectivity index (χ0v) is 18.1. The zero-order valence-electron chi connectivity index (χ0n) is 16.6. The predicted molar refractivity (Wildman–Crippen MR) is 113 cm³/mol. The molecule has 0 aliphatic rings. The van der Waals surface area contributed by atoms with Crippen LogP contribution in [-0.4, -0.2) is 24.0 Å². The van der Waals surface area contributed by atoms with Crippen molar-refractivity contribution in [2.24, 2.45) is 17.4 Å². The van der Waals surface area contributed by atoms with Crippen LogP contribution in [0.1, 0.15) is 26.2 Å². The molecule has 10 heteroatoms. The number of hydrogen-bond donors (Lipinski definition) is 2. The topological polar surface area (TPSA) is 105 Å². The van der Waals surface area contributed by atoms with Crippen molar-refractivity contribution in [1.82, 2.24) is 0 Å².